The van der Waals surface area contributed by atoms with Gasteiger partial charge < -0.3 is 19.9 Å². The van der Waals surface area contributed by atoms with Gasteiger partial charge in [0.1, 0.15) is 0 Å². The van der Waals surface area contributed by atoms with Gasteiger partial charge in [-0.05, 0) is 24.1 Å². The van der Waals surface area contributed by atoms with E-state index in [0.717, 1.165) is 18.8 Å². The molecule has 0 saturated carbocycles. The van der Waals surface area contributed by atoms with Crippen molar-refractivity contribution in [3.8, 4) is 6.19 Å². The maximum atomic E-state index is 12.5. The molecule has 0 aromatic heterocycles. The number of likely N-dealkylation sites (tertiary alicyclic amines) is 1. The summed E-state index contributed by atoms with van der Waals surface area (Å²) >= 11 is 6.38. The number of halogens is 1. The van der Waals surface area contributed by atoms with Crippen LogP contribution in [0.3, 0.4) is 0 Å². The van der Waals surface area contributed by atoms with Gasteiger partial charge in [-0.2, -0.15) is 5.26 Å². The molecule has 24 heavy (non-hydrogen) atoms. The summed E-state index contributed by atoms with van der Waals surface area (Å²) in [7, 11) is 0. The number of hydrogen-bond donors (Lipinski definition) is 1. The quantitative estimate of drug-likeness (QED) is 0.842. The third kappa shape index (κ3) is 3.58. The summed E-state index contributed by atoms with van der Waals surface area (Å²) in [6, 6.07) is 5.38. The summed E-state index contributed by atoms with van der Waals surface area (Å²) in [5.41, 5.74) is 1.47. The smallest absolute Gasteiger partial charge is 0.251 e. The van der Waals surface area contributed by atoms with Crippen LogP contribution in [0.4, 0.5) is 5.69 Å². The molecule has 2 fully saturated rings. The summed E-state index contributed by atoms with van der Waals surface area (Å²) in [5.74, 6) is 0.0961. The monoisotopic (exact) mass is 348 g/mol. The lowest BCUT2D eigenvalue weighted by atomic mass is 10.1. The molecule has 3 rings (SSSR count). The Morgan fingerprint density at radius 1 is 1.38 bits per heavy atom. The summed E-state index contributed by atoms with van der Waals surface area (Å²) in [6.45, 7) is 6.25. The molecule has 6 nitrogen and oxygen atoms in total. The van der Waals surface area contributed by atoms with E-state index >= 15 is 0 Å². The summed E-state index contributed by atoms with van der Waals surface area (Å²) in [5, 5.41) is 12.6. The van der Waals surface area contributed by atoms with Crippen molar-refractivity contribution in [3.63, 3.8) is 0 Å². The molecule has 2 atom stereocenters. The number of morpholine rings is 1. The molecule has 2 heterocycles. The Morgan fingerprint density at radius 2 is 2.12 bits per heavy atom. The number of hydrogen-bond acceptors (Lipinski definition) is 5. The van der Waals surface area contributed by atoms with Gasteiger partial charge in [0.25, 0.3) is 5.91 Å². The van der Waals surface area contributed by atoms with Crippen molar-refractivity contribution in [2.45, 2.75) is 13.0 Å². The van der Waals surface area contributed by atoms with Crippen LogP contribution in [0, 0.1) is 17.4 Å². The maximum Gasteiger partial charge on any atom is 0.251 e. The second-order valence-electron chi connectivity index (χ2n) is 6.33. The highest BCUT2D eigenvalue weighted by molar-refractivity contribution is 6.33. The van der Waals surface area contributed by atoms with Gasteiger partial charge in [0.15, 0.2) is 6.19 Å². The lowest BCUT2D eigenvalue weighted by Gasteiger charge is -2.29. The number of nitriles is 1. The molecule has 7 heteroatoms. The van der Waals surface area contributed by atoms with Crippen molar-refractivity contribution in [3.05, 3.63) is 28.8 Å². The van der Waals surface area contributed by atoms with Crippen LogP contribution in [-0.2, 0) is 4.74 Å². The molecular weight excluding hydrogens is 328 g/mol. The highest BCUT2D eigenvalue weighted by Crippen LogP contribution is 2.28. The number of carbonyl (C=O) groups is 1. The Balaban J connectivity index is 1.67. The molecule has 0 radical (unpaired) electrons. The number of nitrogens with zero attached hydrogens (tertiary/aromatic N) is 3. The van der Waals surface area contributed by atoms with Gasteiger partial charge in [-0.15, -0.1) is 0 Å². The van der Waals surface area contributed by atoms with Crippen LogP contribution in [-0.4, -0.2) is 56.2 Å². The van der Waals surface area contributed by atoms with Crippen LogP contribution < -0.4 is 10.2 Å². The zero-order valence-corrected chi connectivity index (χ0v) is 14.4. The van der Waals surface area contributed by atoms with Crippen molar-refractivity contribution in [2.24, 2.45) is 5.92 Å². The Hall–Kier alpha value is -1.97. The average molecular weight is 349 g/mol. The van der Waals surface area contributed by atoms with E-state index in [4.69, 9.17) is 21.6 Å². The standard InChI is InChI=1S/C17H21ClN4O2/c1-12-9-21(11-19)10-15(12)20-17(23)13-2-3-16(14(18)8-13)22-4-6-24-7-5-22/h2-3,8,12,15H,4-7,9-10H2,1H3,(H,20,23)/t12-,15-/m1/s1. The lowest BCUT2D eigenvalue weighted by molar-refractivity contribution is 0.0932. The van der Waals surface area contributed by atoms with Crippen LogP contribution in [0.1, 0.15) is 17.3 Å². The molecule has 1 aromatic rings. The van der Waals surface area contributed by atoms with Crippen LogP contribution in [0.15, 0.2) is 18.2 Å². The zero-order chi connectivity index (χ0) is 17.1. The number of rotatable bonds is 3. The molecule has 0 unspecified atom stereocenters. The van der Waals surface area contributed by atoms with E-state index in [0.29, 0.717) is 36.9 Å². The molecule has 0 aliphatic carbocycles. The van der Waals surface area contributed by atoms with Gasteiger partial charge in [-0.25, -0.2) is 0 Å². The van der Waals surface area contributed by atoms with Crippen LogP contribution >= 0.6 is 11.6 Å². The number of anilines is 1. The molecule has 1 amide bonds. The predicted molar refractivity (Wildman–Crippen MR) is 92.1 cm³/mol. The SMILES string of the molecule is C[C@@H]1CN(C#N)C[C@H]1NC(=O)c1ccc(N2CCOCC2)c(Cl)c1. The molecule has 128 valence electrons. The van der Waals surface area contributed by atoms with E-state index in [-0.39, 0.29) is 17.9 Å². The first-order chi connectivity index (χ1) is 11.6. The maximum absolute atomic E-state index is 12.5. The predicted octanol–water partition coefficient (Wildman–Crippen LogP) is 1.71. The third-order valence-electron chi connectivity index (χ3n) is 4.63. The van der Waals surface area contributed by atoms with E-state index < -0.39 is 0 Å². The molecule has 0 spiro atoms. The first kappa shape index (κ1) is 16.9. The molecule has 0 bridgehead atoms. The van der Waals surface area contributed by atoms with Crippen molar-refractivity contribution in [1.82, 2.24) is 10.2 Å². The summed E-state index contributed by atoms with van der Waals surface area (Å²) in [4.78, 5) is 16.3. The van der Waals surface area contributed by atoms with Gasteiger partial charge in [0, 0.05) is 31.7 Å². The summed E-state index contributed by atoms with van der Waals surface area (Å²) in [6.07, 6.45) is 2.14. The number of amides is 1. The third-order valence-corrected chi connectivity index (χ3v) is 4.93. The Kier molecular flexibility index (Phi) is 5.12. The minimum atomic E-state index is -0.151. The van der Waals surface area contributed by atoms with Gasteiger partial charge in [0.05, 0.1) is 30.0 Å². The molecule has 2 saturated heterocycles. The number of ether oxygens (including phenoxy) is 1. The molecule has 2 aliphatic heterocycles. The average Bonchev–Trinajstić information content (AvgIpc) is 2.95. The van der Waals surface area contributed by atoms with Crippen molar-refractivity contribution in [1.29, 1.82) is 5.26 Å². The van der Waals surface area contributed by atoms with Gasteiger partial charge in [-0.3, -0.25) is 4.79 Å². The second-order valence-corrected chi connectivity index (χ2v) is 6.74. The normalized spacial score (nSPS) is 23.9. The minimum Gasteiger partial charge on any atom is -0.378 e. The van der Waals surface area contributed by atoms with Crippen molar-refractivity contribution in [2.75, 3.05) is 44.3 Å². The fraction of sp³-hybridized carbons (Fsp3) is 0.529. The molecular formula is C17H21ClN4O2. The fourth-order valence-electron chi connectivity index (χ4n) is 3.20. The lowest BCUT2D eigenvalue weighted by Crippen LogP contribution is -2.39. The number of nitrogens with one attached hydrogen (secondary N) is 1. The molecule has 1 aromatic carbocycles. The first-order valence-corrected chi connectivity index (χ1v) is 8.54. The Morgan fingerprint density at radius 3 is 2.75 bits per heavy atom. The Bertz CT molecular complexity index is 654. The van der Waals surface area contributed by atoms with Gasteiger partial charge >= 0.3 is 0 Å². The number of carbonyl (C=O) groups excluding carboxylic acids is 1. The van der Waals surface area contributed by atoms with Gasteiger partial charge in [0.2, 0.25) is 0 Å². The van der Waals surface area contributed by atoms with E-state index in [9.17, 15) is 4.79 Å². The second kappa shape index (κ2) is 7.29. The Labute approximate surface area is 146 Å². The first-order valence-electron chi connectivity index (χ1n) is 8.16. The van der Waals surface area contributed by atoms with Crippen molar-refractivity contribution >= 4 is 23.2 Å². The topological polar surface area (TPSA) is 68.6 Å². The zero-order valence-electron chi connectivity index (χ0n) is 13.7. The van der Waals surface area contributed by atoms with E-state index in [2.05, 4.69) is 16.4 Å². The van der Waals surface area contributed by atoms with Crippen LogP contribution in [0.25, 0.3) is 0 Å². The summed E-state index contributed by atoms with van der Waals surface area (Å²) < 4.78 is 5.35. The number of benzene rings is 1. The van der Waals surface area contributed by atoms with E-state index in [1.54, 1.807) is 17.0 Å². The minimum absolute atomic E-state index is 0.0187. The largest absolute Gasteiger partial charge is 0.378 e. The highest BCUT2D eigenvalue weighted by atomic mass is 35.5. The van der Waals surface area contributed by atoms with Crippen LogP contribution in [0.5, 0.6) is 0 Å². The van der Waals surface area contributed by atoms with Crippen LogP contribution in [0.2, 0.25) is 5.02 Å². The molecule has 2 aliphatic rings. The van der Waals surface area contributed by atoms with E-state index in [1.807, 2.05) is 13.0 Å². The molecule has 1 N–H and O–H groups in total. The highest BCUT2D eigenvalue weighted by Gasteiger charge is 2.30. The van der Waals surface area contributed by atoms with Crippen molar-refractivity contribution < 1.29 is 9.53 Å². The van der Waals surface area contributed by atoms with E-state index in [1.165, 1.54) is 0 Å². The van der Waals surface area contributed by atoms with Gasteiger partial charge in [-0.1, -0.05) is 18.5 Å². The fourth-order valence-corrected chi connectivity index (χ4v) is 3.50.